The first kappa shape index (κ1) is 19.4. The van der Waals surface area contributed by atoms with Crippen LogP contribution in [0.3, 0.4) is 0 Å². The highest BCUT2D eigenvalue weighted by Crippen LogP contribution is 2.17. The molecule has 1 amide bonds. The van der Waals surface area contributed by atoms with E-state index in [0.717, 1.165) is 37.3 Å². The van der Waals surface area contributed by atoms with Crippen molar-refractivity contribution in [3.63, 3.8) is 0 Å². The zero-order valence-corrected chi connectivity index (χ0v) is 15.3. The zero-order chi connectivity index (χ0) is 16.8. The summed E-state index contributed by atoms with van der Waals surface area (Å²) in [6.07, 6.45) is 3.67. The topological polar surface area (TPSA) is 80.0 Å². The maximum atomic E-state index is 12.0. The molecule has 2 N–H and O–H groups in total. The van der Waals surface area contributed by atoms with Gasteiger partial charge in [-0.1, -0.05) is 30.3 Å². The number of hydrogen-bond acceptors (Lipinski definition) is 5. The minimum absolute atomic E-state index is 0. The number of nitrogens with one attached hydrogen (secondary N) is 2. The van der Waals surface area contributed by atoms with E-state index < -0.39 is 0 Å². The molecule has 6 nitrogen and oxygen atoms in total. The molecule has 2 aromatic rings. The Kier molecular flexibility index (Phi) is 7.40. The number of hydrogen-bond donors (Lipinski definition) is 2. The third kappa shape index (κ3) is 5.54. The van der Waals surface area contributed by atoms with Crippen LogP contribution in [0.15, 0.2) is 22.7 Å². The van der Waals surface area contributed by atoms with Crippen molar-refractivity contribution >= 4 is 18.3 Å². The molecule has 0 spiro atoms. The highest BCUT2D eigenvalue weighted by Gasteiger charge is 2.11. The minimum atomic E-state index is 0. The number of nitrogens with zero attached hydrogens (tertiary/aromatic N) is 2. The summed E-state index contributed by atoms with van der Waals surface area (Å²) in [5.41, 5.74) is 3.83. The van der Waals surface area contributed by atoms with Crippen LogP contribution in [0, 0.1) is 0 Å². The molecule has 0 aliphatic carbocycles. The Balaban J connectivity index is 0.00000225. The lowest BCUT2D eigenvalue weighted by Gasteiger charge is -2.06. The highest BCUT2D eigenvalue weighted by molar-refractivity contribution is 5.85. The number of aromatic nitrogens is 2. The summed E-state index contributed by atoms with van der Waals surface area (Å²) in [6, 6.07) is 6.39. The van der Waals surface area contributed by atoms with Gasteiger partial charge in [-0.15, -0.1) is 12.4 Å². The van der Waals surface area contributed by atoms with Gasteiger partial charge in [0.05, 0.1) is 0 Å². The monoisotopic (exact) mass is 364 g/mol. The van der Waals surface area contributed by atoms with Crippen LogP contribution in [0.5, 0.6) is 0 Å². The molecule has 0 radical (unpaired) electrons. The lowest BCUT2D eigenvalue weighted by Crippen LogP contribution is -2.22. The average Bonchev–Trinajstić information content (AvgIpc) is 3.22. The molecule has 3 rings (SSSR count). The third-order valence-corrected chi connectivity index (χ3v) is 4.17. The second kappa shape index (κ2) is 9.53. The second-order valence-corrected chi connectivity index (χ2v) is 6.19. The molecule has 2 heterocycles. The second-order valence-electron chi connectivity index (χ2n) is 6.19. The molecular formula is C18H25ClN4O2. The van der Waals surface area contributed by atoms with Gasteiger partial charge in [-0.05, 0) is 29.5 Å². The van der Waals surface area contributed by atoms with Gasteiger partial charge < -0.3 is 15.2 Å². The van der Waals surface area contributed by atoms with E-state index in [2.05, 4.69) is 45.9 Å². The SMILES string of the molecule is CCCc1noc(CCCC(=O)NCc2ccc3c(c2)CNC3)n1.Cl. The van der Waals surface area contributed by atoms with Crippen LogP contribution in [0.1, 0.15) is 54.6 Å². The van der Waals surface area contributed by atoms with Crippen molar-refractivity contribution in [1.29, 1.82) is 0 Å². The van der Waals surface area contributed by atoms with Gasteiger partial charge in [0.1, 0.15) is 0 Å². The number of halogens is 1. The standard InChI is InChI=1S/C18H24N4O2.ClH/c1-2-4-16-21-18(24-22-16)6-3-5-17(23)20-10-13-7-8-14-11-19-12-15(14)9-13;/h7-9,19H,2-6,10-12H2,1H3,(H,20,23);1H. The predicted molar refractivity (Wildman–Crippen MR) is 97.3 cm³/mol. The van der Waals surface area contributed by atoms with Gasteiger partial charge >= 0.3 is 0 Å². The van der Waals surface area contributed by atoms with Crippen molar-refractivity contribution in [2.75, 3.05) is 0 Å². The van der Waals surface area contributed by atoms with Crippen LogP contribution in [-0.2, 0) is 37.3 Å². The smallest absolute Gasteiger partial charge is 0.226 e. The van der Waals surface area contributed by atoms with Crippen molar-refractivity contribution in [2.45, 2.75) is 58.7 Å². The van der Waals surface area contributed by atoms with Gasteiger partial charge in [0.25, 0.3) is 0 Å². The lowest BCUT2D eigenvalue weighted by atomic mass is 10.1. The Labute approximate surface area is 154 Å². The molecule has 0 bridgehead atoms. The Hall–Kier alpha value is -1.92. The average molecular weight is 365 g/mol. The Bertz CT molecular complexity index is 702. The predicted octanol–water partition coefficient (Wildman–Crippen LogP) is 2.69. The molecule has 25 heavy (non-hydrogen) atoms. The number of benzene rings is 1. The summed E-state index contributed by atoms with van der Waals surface area (Å²) >= 11 is 0. The van der Waals surface area contributed by atoms with Crippen LogP contribution in [0.2, 0.25) is 0 Å². The van der Waals surface area contributed by atoms with Crippen molar-refractivity contribution in [3.8, 4) is 0 Å². The summed E-state index contributed by atoms with van der Waals surface area (Å²) in [4.78, 5) is 16.3. The molecule has 1 aliphatic rings. The van der Waals surface area contributed by atoms with Crippen molar-refractivity contribution < 1.29 is 9.32 Å². The van der Waals surface area contributed by atoms with E-state index >= 15 is 0 Å². The molecule has 1 aromatic carbocycles. The number of amides is 1. The van der Waals surface area contributed by atoms with Crippen molar-refractivity contribution in [1.82, 2.24) is 20.8 Å². The Morgan fingerprint density at radius 1 is 1.28 bits per heavy atom. The van der Waals surface area contributed by atoms with Crippen LogP contribution in [-0.4, -0.2) is 16.0 Å². The van der Waals surface area contributed by atoms with E-state index in [1.54, 1.807) is 0 Å². The molecule has 0 saturated carbocycles. The van der Waals surface area contributed by atoms with Gasteiger partial charge in [-0.25, -0.2) is 0 Å². The molecule has 0 saturated heterocycles. The van der Waals surface area contributed by atoms with E-state index in [9.17, 15) is 4.79 Å². The number of carbonyl (C=O) groups is 1. The van der Waals surface area contributed by atoms with Crippen LogP contribution in [0.4, 0.5) is 0 Å². The minimum Gasteiger partial charge on any atom is -0.352 e. The zero-order valence-electron chi connectivity index (χ0n) is 14.5. The summed E-state index contributed by atoms with van der Waals surface area (Å²) in [5, 5.41) is 10.2. The fourth-order valence-electron chi connectivity index (χ4n) is 2.86. The molecule has 0 atom stereocenters. The molecule has 1 aromatic heterocycles. The van der Waals surface area contributed by atoms with Gasteiger partial charge in [0.2, 0.25) is 11.8 Å². The van der Waals surface area contributed by atoms with Crippen LogP contribution in [0.25, 0.3) is 0 Å². The third-order valence-electron chi connectivity index (χ3n) is 4.17. The van der Waals surface area contributed by atoms with E-state index in [1.807, 2.05) is 0 Å². The molecule has 1 aliphatic heterocycles. The van der Waals surface area contributed by atoms with Crippen LogP contribution >= 0.6 is 12.4 Å². The highest BCUT2D eigenvalue weighted by atomic mass is 35.5. The quantitative estimate of drug-likeness (QED) is 0.752. The molecule has 7 heteroatoms. The first-order valence-corrected chi connectivity index (χ1v) is 8.64. The van der Waals surface area contributed by atoms with E-state index in [4.69, 9.17) is 4.52 Å². The van der Waals surface area contributed by atoms with Gasteiger partial charge in [-0.3, -0.25) is 4.79 Å². The Morgan fingerprint density at radius 2 is 2.12 bits per heavy atom. The molecule has 136 valence electrons. The fraction of sp³-hybridized carbons (Fsp3) is 0.500. The van der Waals surface area contributed by atoms with Gasteiger partial charge in [-0.2, -0.15) is 4.98 Å². The number of aryl methyl sites for hydroxylation is 2. The summed E-state index contributed by atoms with van der Waals surface area (Å²) in [6.45, 7) is 4.52. The fourth-order valence-corrected chi connectivity index (χ4v) is 2.86. The maximum Gasteiger partial charge on any atom is 0.226 e. The number of fused-ring (bicyclic) bond motifs is 1. The summed E-state index contributed by atoms with van der Waals surface area (Å²) in [7, 11) is 0. The van der Waals surface area contributed by atoms with Crippen molar-refractivity contribution in [3.05, 3.63) is 46.6 Å². The van der Waals surface area contributed by atoms with Gasteiger partial charge in [0, 0.05) is 38.9 Å². The normalized spacial score (nSPS) is 12.5. The van der Waals surface area contributed by atoms with E-state index in [1.165, 1.54) is 11.1 Å². The van der Waals surface area contributed by atoms with E-state index in [0.29, 0.717) is 31.7 Å². The van der Waals surface area contributed by atoms with Crippen molar-refractivity contribution in [2.24, 2.45) is 0 Å². The first-order chi connectivity index (χ1) is 11.7. The molecular weight excluding hydrogens is 340 g/mol. The maximum absolute atomic E-state index is 12.0. The van der Waals surface area contributed by atoms with E-state index in [-0.39, 0.29) is 18.3 Å². The molecule has 0 fully saturated rings. The summed E-state index contributed by atoms with van der Waals surface area (Å²) in [5.74, 6) is 1.43. The number of carbonyl (C=O) groups excluding carboxylic acids is 1. The largest absolute Gasteiger partial charge is 0.352 e. The molecule has 0 unspecified atom stereocenters. The number of rotatable bonds is 8. The lowest BCUT2D eigenvalue weighted by molar-refractivity contribution is -0.121. The van der Waals surface area contributed by atoms with Crippen LogP contribution < -0.4 is 10.6 Å². The Morgan fingerprint density at radius 3 is 2.96 bits per heavy atom. The van der Waals surface area contributed by atoms with Gasteiger partial charge in [0.15, 0.2) is 5.82 Å². The first-order valence-electron chi connectivity index (χ1n) is 8.64. The summed E-state index contributed by atoms with van der Waals surface area (Å²) < 4.78 is 5.17.